The Morgan fingerprint density at radius 3 is 2.47 bits per heavy atom. The molecule has 1 saturated carbocycles. The van der Waals surface area contributed by atoms with E-state index < -0.39 is 0 Å². The molecular weight excluding hydrogens is 380 g/mol. The first kappa shape index (κ1) is 18.7. The molecule has 1 amide bonds. The van der Waals surface area contributed by atoms with Gasteiger partial charge >= 0.3 is 0 Å². The highest BCUT2D eigenvalue weighted by atomic mass is 16.5. The molecule has 2 heterocycles. The van der Waals surface area contributed by atoms with E-state index in [-0.39, 0.29) is 23.9 Å². The van der Waals surface area contributed by atoms with Crippen LogP contribution in [0.25, 0.3) is 0 Å². The average Bonchev–Trinajstić information content (AvgIpc) is 3.54. The summed E-state index contributed by atoms with van der Waals surface area (Å²) in [7, 11) is 3.33. The van der Waals surface area contributed by atoms with E-state index >= 15 is 0 Å². The molecule has 0 unspecified atom stereocenters. The van der Waals surface area contributed by atoms with Crippen LogP contribution in [0, 0.1) is 5.92 Å². The number of ether oxygens (including phenoxy) is 2. The molecule has 2 atom stereocenters. The molecule has 0 spiro atoms. The summed E-state index contributed by atoms with van der Waals surface area (Å²) in [6, 6.07) is 15.7. The first-order chi connectivity index (χ1) is 14.7. The molecule has 154 valence electrons. The van der Waals surface area contributed by atoms with Gasteiger partial charge in [0.2, 0.25) is 11.9 Å². The van der Waals surface area contributed by atoms with Gasteiger partial charge in [0.1, 0.15) is 17.8 Å². The van der Waals surface area contributed by atoms with Crippen LogP contribution in [0.3, 0.4) is 0 Å². The van der Waals surface area contributed by atoms with Gasteiger partial charge in [-0.2, -0.15) is 10.1 Å². The molecule has 7 nitrogen and oxygen atoms in total. The van der Waals surface area contributed by atoms with Gasteiger partial charge in [0.15, 0.2) is 0 Å². The molecule has 2 aliphatic rings. The Hall–Kier alpha value is -3.35. The Morgan fingerprint density at radius 1 is 1.00 bits per heavy atom. The van der Waals surface area contributed by atoms with Crippen LogP contribution < -0.4 is 14.4 Å². The predicted molar refractivity (Wildman–Crippen MR) is 112 cm³/mol. The molecule has 1 aliphatic carbocycles. The van der Waals surface area contributed by atoms with E-state index in [0.717, 1.165) is 35.5 Å². The summed E-state index contributed by atoms with van der Waals surface area (Å²) in [5.41, 5.74) is 2.09. The van der Waals surface area contributed by atoms with Crippen LogP contribution in [0.5, 0.6) is 11.5 Å². The monoisotopic (exact) mass is 404 g/mol. The third-order valence-electron chi connectivity index (χ3n) is 5.99. The molecular formula is C23H24N4O3. The Kier molecular flexibility index (Phi) is 4.65. The van der Waals surface area contributed by atoms with Crippen molar-refractivity contribution in [3.05, 3.63) is 66.0 Å². The fourth-order valence-electron chi connectivity index (χ4n) is 4.28. The number of aromatic nitrogens is 3. The summed E-state index contributed by atoms with van der Waals surface area (Å²) in [4.78, 5) is 19.6. The van der Waals surface area contributed by atoms with Crippen molar-refractivity contribution in [3.63, 3.8) is 0 Å². The van der Waals surface area contributed by atoms with Crippen molar-refractivity contribution >= 4 is 11.9 Å². The molecule has 5 rings (SSSR count). The van der Waals surface area contributed by atoms with E-state index in [1.165, 1.54) is 6.33 Å². The van der Waals surface area contributed by atoms with Crippen molar-refractivity contribution in [2.75, 3.05) is 19.1 Å². The maximum absolute atomic E-state index is 13.3. The minimum atomic E-state index is -0.143. The number of methoxy groups -OCH3 is 2. The quantitative estimate of drug-likeness (QED) is 0.647. The second-order valence-electron chi connectivity index (χ2n) is 7.77. The maximum atomic E-state index is 13.3. The number of benzene rings is 2. The van der Waals surface area contributed by atoms with Crippen molar-refractivity contribution in [1.82, 2.24) is 14.8 Å². The summed E-state index contributed by atoms with van der Waals surface area (Å²) in [5, 5.41) is 4.49. The smallest absolute Gasteiger partial charge is 0.233 e. The number of nitrogens with zero attached hydrogens (tertiary/aromatic N) is 4. The van der Waals surface area contributed by atoms with Gasteiger partial charge in [-0.3, -0.25) is 9.69 Å². The summed E-state index contributed by atoms with van der Waals surface area (Å²) >= 11 is 0. The molecule has 0 N–H and O–H groups in total. The molecule has 0 bridgehead atoms. The van der Waals surface area contributed by atoms with Crippen LogP contribution in [-0.2, 0) is 4.79 Å². The fourth-order valence-corrected chi connectivity index (χ4v) is 4.28. The first-order valence-electron chi connectivity index (χ1n) is 10.2. The summed E-state index contributed by atoms with van der Waals surface area (Å²) in [5.74, 6) is 2.40. The summed E-state index contributed by atoms with van der Waals surface area (Å²) in [6.07, 6.45) is 4.09. The lowest BCUT2D eigenvalue weighted by atomic mass is 9.91. The number of rotatable bonds is 5. The Bertz CT molecular complexity index is 1060. The van der Waals surface area contributed by atoms with E-state index in [0.29, 0.717) is 12.4 Å². The number of carbonyl (C=O) groups is 1. The normalized spacial score (nSPS) is 20.5. The lowest BCUT2D eigenvalue weighted by Gasteiger charge is -2.39. The van der Waals surface area contributed by atoms with Crippen LogP contribution in [0.15, 0.2) is 54.9 Å². The molecule has 7 heteroatoms. The van der Waals surface area contributed by atoms with E-state index in [2.05, 4.69) is 16.1 Å². The fraction of sp³-hybridized carbons (Fsp3) is 0.348. The standard InChI is InChI=1S/C23H24N4O3/c1-29-17-11-9-15(10-12-17)19-13-20(18-5-3-4-6-21(18)30-2)27-23(24-14-25-27)26(19)22(28)16-7-8-16/h3-6,9-12,14,16,19-20H,7-8,13H2,1-2H3/t19-,20-/m1/s1. The van der Waals surface area contributed by atoms with Crippen LogP contribution in [0.2, 0.25) is 0 Å². The minimum absolute atomic E-state index is 0.0821. The van der Waals surface area contributed by atoms with Gasteiger partial charge in [0.25, 0.3) is 0 Å². The van der Waals surface area contributed by atoms with Crippen LogP contribution >= 0.6 is 0 Å². The van der Waals surface area contributed by atoms with Gasteiger partial charge in [-0.25, -0.2) is 4.68 Å². The molecule has 2 aromatic carbocycles. The van der Waals surface area contributed by atoms with Gasteiger partial charge in [-0.15, -0.1) is 0 Å². The first-order valence-corrected chi connectivity index (χ1v) is 10.2. The minimum Gasteiger partial charge on any atom is -0.497 e. The Balaban J connectivity index is 1.63. The second kappa shape index (κ2) is 7.48. The third kappa shape index (κ3) is 3.10. The number of fused-ring (bicyclic) bond motifs is 1. The van der Waals surface area contributed by atoms with E-state index in [4.69, 9.17) is 9.47 Å². The number of hydrogen-bond acceptors (Lipinski definition) is 5. The molecule has 0 radical (unpaired) electrons. The van der Waals surface area contributed by atoms with Gasteiger partial charge in [0, 0.05) is 11.5 Å². The summed E-state index contributed by atoms with van der Waals surface area (Å²) in [6.45, 7) is 0. The lowest BCUT2D eigenvalue weighted by molar-refractivity contribution is -0.120. The molecule has 0 saturated heterocycles. The molecule has 30 heavy (non-hydrogen) atoms. The maximum Gasteiger partial charge on any atom is 0.233 e. The van der Waals surface area contributed by atoms with Crippen molar-refractivity contribution in [1.29, 1.82) is 0 Å². The average molecular weight is 404 g/mol. The van der Waals surface area contributed by atoms with Crippen LogP contribution in [0.1, 0.15) is 42.5 Å². The van der Waals surface area contributed by atoms with Crippen LogP contribution in [-0.4, -0.2) is 34.9 Å². The van der Waals surface area contributed by atoms with Crippen molar-refractivity contribution in [3.8, 4) is 11.5 Å². The molecule has 1 aliphatic heterocycles. The van der Waals surface area contributed by atoms with Gasteiger partial charge in [-0.1, -0.05) is 30.3 Å². The zero-order chi connectivity index (χ0) is 20.7. The molecule has 3 aromatic rings. The number of amides is 1. The summed E-state index contributed by atoms with van der Waals surface area (Å²) < 4.78 is 12.8. The number of para-hydroxylation sites is 1. The highest BCUT2D eigenvalue weighted by Gasteiger charge is 2.44. The third-order valence-corrected chi connectivity index (χ3v) is 5.99. The van der Waals surface area contributed by atoms with Crippen molar-refractivity contribution in [2.24, 2.45) is 5.92 Å². The topological polar surface area (TPSA) is 69.5 Å². The SMILES string of the molecule is COc1ccc([C@H]2C[C@H](c3ccccc3OC)n3ncnc3N2C(=O)C2CC2)cc1. The number of carbonyl (C=O) groups excluding carboxylic acids is 1. The van der Waals surface area contributed by atoms with E-state index in [1.807, 2.05) is 52.0 Å². The molecule has 1 fully saturated rings. The predicted octanol–water partition coefficient (Wildman–Crippen LogP) is 3.77. The van der Waals surface area contributed by atoms with Crippen LogP contribution in [0.4, 0.5) is 5.95 Å². The Morgan fingerprint density at radius 2 is 1.77 bits per heavy atom. The largest absolute Gasteiger partial charge is 0.497 e. The number of hydrogen-bond donors (Lipinski definition) is 0. The zero-order valence-electron chi connectivity index (χ0n) is 17.1. The lowest BCUT2D eigenvalue weighted by Crippen LogP contribution is -2.43. The van der Waals surface area contributed by atoms with E-state index in [1.54, 1.807) is 14.2 Å². The Labute approximate surface area is 175 Å². The van der Waals surface area contributed by atoms with Gasteiger partial charge < -0.3 is 9.47 Å². The van der Waals surface area contributed by atoms with E-state index in [9.17, 15) is 4.79 Å². The number of anilines is 1. The van der Waals surface area contributed by atoms with Crippen molar-refractivity contribution < 1.29 is 14.3 Å². The zero-order valence-corrected chi connectivity index (χ0v) is 17.1. The second-order valence-corrected chi connectivity index (χ2v) is 7.77. The highest BCUT2D eigenvalue weighted by Crippen LogP contribution is 2.46. The highest BCUT2D eigenvalue weighted by molar-refractivity contribution is 5.96. The molecule has 1 aromatic heterocycles. The van der Waals surface area contributed by atoms with Gasteiger partial charge in [-0.05, 0) is 43.0 Å². The van der Waals surface area contributed by atoms with Gasteiger partial charge in [0.05, 0.1) is 26.3 Å². The van der Waals surface area contributed by atoms with Crippen molar-refractivity contribution in [2.45, 2.75) is 31.3 Å².